The zero-order valence-electron chi connectivity index (χ0n) is 9.86. The Morgan fingerprint density at radius 2 is 1.81 bits per heavy atom. The Bertz CT molecular complexity index is 356. The van der Waals surface area contributed by atoms with Gasteiger partial charge in [0.25, 0.3) is 5.91 Å². The second kappa shape index (κ2) is 5.39. The summed E-state index contributed by atoms with van der Waals surface area (Å²) in [4.78, 5) is 13.7. The van der Waals surface area contributed by atoms with Gasteiger partial charge in [-0.15, -0.1) is 0 Å². The molecule has 0 atom stereocenters. The molecular formula is C12H19N3O. The summed E-state index contributed by atoms with van der Waals surface area (Å²) in [6.07, 6.45) is 2.07. The number of carbonyl (C=O) groups excluding carboxylic acids is 1. The van der Waals surface area contributed by atoms with Gasteiger partial charge < -0.3 is 16.4 Å². The van der Waals surface area contributed by atoms with Gasteiger partial charge >= 0.3 is 0 Å². The smallest absolute Gasteiger partial charge is 0.253 e. The third-order valence-corrected chi connectivity index (χ3v) is 2.42. The number of unbranched alkanes of at least 4 members (excludes halogenated alkanes) is 1. The number of rotatable bonds is 4. The molecule has 0 spiro atoms. The number of benzene rings is 1. The third kappa shape index (κ3) is 3.15. The minimum absolute atomic E-state index is 0.0348. The van der Waals surface area contributed by atoms with Crippen molar-refractivity contribution in [2.75, 3.05) is 25.1 Å². The fourth-order valence-corrected chi connectivity index (χ4v) is 1.52. The summed E-state index contributed by atoms with van der Waals surface area (Å²) < 4.78 is 0. The number of nitrogen functional groups attached to an aromatic ring is 2. The van der Waals surface area contributed by atoms with Gasteiger partial charge in [0.15, 0.2) is 0 Å². The molecule has 4 heteroatoms. The monoisotopic (exact) mass is 221 g/mol. The fraction of sp³-hybridized carbons (Fsp3) is 0.417. The molecule has 1 rings (SSSR count). The van der Waals surface area contributed by atoms with Gasteiger partial charge in [0, 0.05) is 30.5 Å². The van der Waals surface area contributed by atoms with Crippen LogP contribution in [0.15, 0.2) is 18.2 Å². The van der Waals surface area contributed by atoms with Crippen LogP contribution in [0.25, 0.3) is 0 Å². The Labute approximate surface area is 96.2 Å². The predicted octanol–water partition coefficient (Wildman–Crippen LogP) is 1.72. The molecule has 0 saturated carbocycles. The van der Waals surface area contributed by atoms with Gasteiger partial charge in [0.05, 0.1) is 0 Å². The zero-order valence-corrected chi connectivity index (χ0v) is 9.86. The number of carbonyl (C=O) groups is 1. The molecule has 0 aliphatic carbocycles. The van der Waals surface area contributed by atoms with Crippen LogP contribution in [0.3, 0.4) is 0 Å². The minimum atomic E-state index is -0.0348. The Morgan fingerprint density at radius 3 is 2.31 bits per heavy atom. The van der Waals surface area contributed by atoms with Crippen molar-refractivity contribution in [2.24, 2.45) is 0 Å². The Hall–Kier alpha value is -1.71. The van der Waals surface area contributed by atoms with Crippen molar-refractivity contribution in [3.8, 4) is 0 Å². The topological polar surface area (TPSA) is 72.3 Å². The molecule has 0 heterocycles. The maximum Gasteiger partial charge on any atom is 0.253 e. The largest absolute Gasteiger partial charge is 0.399 e. The average Bonchev–Trinajstić information content (AvgIpc) is 2.23. The van der Waals surface area contributed by atoms with Crippen LogP contribution in [0.5, 0.6) is 0 Å². The summed E-state index contributed by atoms with van der Waals surface area (Å²) in [5.74, 6) is -0.0348. The number of amides is 1. The lowest BCUT2D eigenvalue weighted by atomic mass is 10.1. The van der Waals surface area contributed by atoms with E-state index in [-0.39, 0.29) is 5.91 Å². The van der Waals surface area contributed by atoms with Crippen LogP contribution in [0.1, 0.15) is 30.1 Å². The van der Waals surface area contributed by atoms with Crippen LogP contribution >= 0.6 is 0 Å². The summed E-state index contributed by atoms with van der Waals surface area (Å²) in [5, 5.41) is 0. The van der Waals surface area contributed by atoms with E-state index in [0.717, 1.165) is 19.4 Å². The van der Waals surface area contributed by atoms with Crippen LogP contribution in [-0.4, -0.2) is 24.4 Å². The van der Waals surface area contributed by atoms with Gasteiger partial charge in [-0.2, -0.15) is 0 Å². The number of anilines is 2. The fourth-order valence-electron chi connectivity index (χ4n) is 1.52. The number of hydrogen-bond donors (Lipinski definition) is 2. The number of hydrogen-bond acceptors (Lipinski definition) is 3. The van der Waals surface area contributed by atoms with Gasteiger partial charge in [-0.3, -0.25) is 4.79 Å². The first kappa shape index (κ1) is 12.4. The van der Waals surface area contributed by atoms with Gasteiger partial charge in [-0.05, 0) is 24.6 Å². The molecular weight excluding hydrogens is 202 g/mol. The maximum absolute atomic E-state index is 12.0. The van der Waals surface area contributed by atoms with E-state index in [1.54, 1.807) is 30.1 Å². The van der Waals surface area contributed by atoms with Crippen LogP contribution in [0, 0.1) is 0 Å². The molecule has 0 aliphatic rings. The lowest BCUT2D eigenvalue weighted by molar-refractivity contribution is 0.0793. The van der Waals surface area contributed by atoms with E-state index in [2.05, 4.69) is 6.92 Å². The van der Waals surface area contributed by atoms with E-state index in [9.17, 15) is 4.79 Å². The molecule has 0 unspecified atom stereocenters. The minimum Gasteiger partial charge on any atom is -0.399 e. The van der Waals surface area contributed by atoms with E-state index in [4.69, 9.17) is 11.5 Å². The van der Waals surface area contributed by atoms with Crippen LogP contribution in [0.4, 0.5) is 11.4 Å². The van der Waals surface area contributed by atoms with Crippen molar-refractivity contribution in [1.82, 2.24) is 4.90 Å². The zero-order chi connectivity index (χ0) is 12.1. The molecule has 88 valence electrons. The second-order valence-electron chi connectivity index (χ2n) is 3.97. The molecule has 0 aromatic heterocycles. The third-order valence-electron chi connectivity index (χ3n) is 2.42. The van der Waals surface area contributed by atoms with Crippen molar-refractivity contribution in [3.05, 3.63) is 23.8 Å². The Kier molecular flexibility index (Phi) is 4.17. The van der Waals surface area contributed by atoms with E-state index in [1.807, 2.05) is 0 Å². The predicted molar refractivity (Wildman–Crippen MR) is 67.1 cm³/mol. The highest BCUT2D eigenvalue weighted by atomic mass is 16.2. The van der Waals surface area contributed by atoms with E-state index >= 15 is 0 Å². The molecule has 4 N–H and O–H groups in total. The van der Waals surface area contributed by atoms with Crippen LogP contribution < -0.4 is 11.5 Å². The molecule has 0 aliphatic heterocycles. The number of nitrogens with zero attached hydrogens (tertiary/aromatic N) is 1. The molecule has 1 aromatic rings. The van der Waals surface area contributed by atoms with Crippen LogP contribution in [0.2, 0.25) is 0 Å². The van der Waals surface area contributed by atoms with E-state index in [0.29, 0.717) is 16.9 Å². The SMILES string of the molecule is CCCCN(C)C(=O)c1cc(N)cc(N)c1. The highest BCUT2D eigenvalue weighted by Crippen LogP contribution is 2.15. The average molecular weight is 221 g/mol. The summed E-state index contributed by atoms with van der Waals surface area (Å²) in [5.41, 5.74) is 12.9. The van der Waals surface area contributed by atoms with Crippen molar-refractivity contribution in [2.45, 2.75) is 19.8 Å². The second-order valence-corrected chi connectivity index (χ2v) is 3.97. The maximum atomic E-state index is 12.0. The van der Waals surface area contributed by atoms with E-state index < -0.39 is 0 Å². The first-order valence-electron chi connectivity index (χ1n) is 5.46. The molecule has 16 heavy (non-hydrogen) atoms. The molecule has 1 amide bonds. The van der Waals surface area contributed by atoms with Crippen molar-refractivity contribution in [1.29, 1.82) is 0 Å². The first-order valence-corrected chi connectivity index (χ1v) is 5.46. The quantitative estimate of drug-likeness (QED) is 0.760. The van der Waals surface area contributed by atoms with E-state index in [1.165, 1.54) is 0 Å². The molecule has 0 radical (unpaired) electrons. The highest BCUT2D eigenvalue weighted by molar-refractivity contribution is 5.95. The molecule has 0 bridgehead atoms. The molecule has 1 aromatic carbocycles. The normalized spacial score (nSPS) is 10.1. The summed E-state index contributed by atoms with van der Waals surface area (Å²) >= 11 is 0. The van der Waals surface area contributed by atoms with Gasteiger partial charge in [0.1, 0.15) is 0 Å². The summed E-state index contributed by atoms with van der Waals surface area (Å²) in [6, 6.07) is 4.95. The summed E-state index contributed by atoms with van der Waals surface area (Å²) in [6.45, 7) is 2.85. The van der Waals surface area contributed by atoms with Crippen molar-refractivity contribution in [3.63, 3.8) is 0 Å². The summed E-state index contributed by atoms with van der Waals surface area (Å²) in [7, 11) is 1.79. The molecule has 0 fully saturated rings. The van der Waals surface area contributed by atoms with Crippen molar-refractivity contribution >= 4 is 17.3 Å². The molecule has 4 nitrogen and oxygen atoms in total. The standard InChI is InChI=1S/C12H19N3O/c1-3-4-5-15(2)12(16)9-6-10(13)8-11(14)7-9/h6-8H,3-5,13-14H2,1-2H3. The van der Waals surface area contributed by atoms with Gasteiger partial charge in [-0.1, -0.05) is 13.3 Å². The lowest BCUT2D eigenvalue weighted by Gasteiger charge is -2.17. The van der Waals surface area contributed by atoms with Crippen LogP contribution in [-0.2, 0) is 0 Å². The van der Waals surface area contributed by atoms with Crippen molar-refractivity contribution < 1.29 is 4.79 Å². The Morgan fingerprint density at radius 1 is 1.25 bits per heavy atom. The highest BCUT2D eigenvalue weighted by Gasteiger charge is 2.11. The number of nitrogens with two attached hydrogens (primary N) is 2. The van der Waals surface area contributed by atoms with Gasteiger partial charge in [0.2, 0.25) is 0 Å². The first-order chi connectivity index (χ1) is 7.54. The molecule has 0 saturated heterocycles. The van der Waals surface area contributed by atoms with Gasteiger partial charge in [-0.25, -0.2) is 0 Å². The Balaban J connectivity index is 2.79. The lowest BCUT2D eigenvalue weighted by Crippen LogP contribution is -2.27.